The van der Waals surface area contributed by atoms with Gasteiger partial charge in [0, 0.05) is 12.6 Å². The molecule has 4 heteroatoms. The van der Waals surface area contributed by atoms with E-state index in [2.05, 4.69) is 16.3 Å². The fraction of sp³-hybridized carbons (Fsp3) is 0.632. The molecule has 0 saturated carbocycles. The summed E-state index contributed by atoms with van der Waals surface area (Å²) in [6.45, 7) is 7.13. The Morgan fingerprint density at radius 1 is 1.43 bits per heavy atom. The Balaban J connectivity index is 1.65. The van der Waals surface area contributed by atoms with Gasteiger partial charge in [0.15, 0.2) is 0 Å². The molecule has 128 valence electrons. The lowest BCUT2D eigenvalue weighted by molar-refractivity contribution is -0.122. The van der Waals surface area contributed by atoms with Crippen molar-refractivity contribution in [1.82, 2.24) is 10.2 Å². The largest absolute Gasteiger partial charge is 0.395 e. The van der Waals surface area contributed by atoms with Crippen LogP contribution < -0.4 is 5.32 Å². The average Bonchev–Trinajstić information content (AvgIpc) is 3.01. The Labute approximate surface area is 139 Å². The summed E-state index contributed by atoms with van der Waals surface area (Å²) < 4.78 is 0. The lowest BCUT2D eigenvalue weighted by Gasteiger charge is -2.22. The van der Waals surface area contributed by atoms with Crippen molar-refractivity contribution in [3.63, 3.8) is 0 Å². The maximum atomic E-state index is 12.2. The van der Waals surface area contributed by atoms with E-state index >= 15 is 0 Å². The van der Waals surface area contributed by atoms with Crippen LogP contribution in [-0.4, -0.2) is 48.2 Å². The molecule has 1 fully saturated rings. The molecule has 1 aliphatic heterocycles. The van der Waals surface area contributed by atoms with Crippen LogP contribution >= 0.6 is 0 Å². The first-order valence-corrected chi connectivity index (χ1v) is 8.81. The van der Waals surface area contributed by atoms with E-state index in [9.17, 15) is 9.90 Å². The van der Waals surface area contributed by atoms with Crippen LogP contribution in [-0.2, 0) is 4.79 Å². The highest BCUT2D eigenvalue weighted by atomic mass is 16.3. The number of nitrogens with one attached hydrogen (secondary N) is 1. The molecule has 4 nitrogen and oxygen atoms in total. The van der Waals surface area contributed by atoms with E-state index in [-0.39, 0.29) is 18.4 Å². The van der Waals surface area contributed by atoms with Gasteiger partial charge in [-0.2, -0.15) is 0 Å². The van der Waals surface area contributed by atoms with Crippen LogP contribution in [0.5, 0.6) is 0 Å². The summed E-state index contributed by atoms with van der Waals surface area (Å²) in [6.07, 6.45) is 4.35. The molecular weight excluding hydrogens is 288 g/mol. The van der Waals surface area contributed by atoms with E-state index in [1.54, 1.807) is 0 Å². The quantitative estimate of drug-likeness (QED) is 0.724. The molecule has 2 rings (SSSR count). The Kier molecular flexibility index (Phi) is 7.06. The maximum Gasteiger partial charge on any atom is 0.227 e. The van der Waals surface area contributed by atoms with Gasteiger partial charge >= 0.3 is 0 Å². The lowest BCUT2D eigenvalue weighted by Crippen LogP contribution is -2.34. The number of nitrogens with zero attached hydrogens (tertiary/aromatic N) is 1. The smallest absolute Gasteiger partial charge is 0.227 e. The molecule has 23 heavy (non-hydrogen) atoms. The monoisotopic (exact) mass is 318 g/mol. The second-order valence-corrected chi connectivity index (χ2v) is 6.65. The van der Waals surface area contributed by atoms with Crippen molar-refractivity contribution in [1.29, 1.82) is 0 Å². The highest BCUT2D eigenvalue weighted by Crippen LogP contribution is 2.18. The molecule has 2 N–H and O–H groups in total. The third kappa shape index (κ3) is 5.33. The Bertz CT molecular complexity index is 504. The zero-order chi connectivity index (χ0) is 16.7. The molecule has 0 bridgehead atoms. The Morgan fingerprint density at radius 3 is 3.00 bits per heavy atom. The molecule has 0 spiro atoms. The number of hydrogen-bond donors (Lipinski definition) is 2. The molecule has 1 heterocycles. The first-order valence-electron chi connectivity index (χ1n) is 8.81. The number of aryl methyl sites for hydroxylation is 1. The van der Waals surface area contributed by atoms with Crippen LogP contribution in [0.4, 0.5) is 0 Å². The number of aliphatic hydroxyl groups excluding tert-OH is 1. The minimum absolute atomic E-state index is 0.102. The van der Waals surface area contributed by atoms with Gasteiger partial charge in [-0.15, -0.1) is 0 Å². The fourth-order valence-corrected chi connectivity index (χ4v) is 3.29. The normalized spacial score (nSPS) is 19.7. The van der Waals surface area contributed by atoms with Gasteiger partial charge in [0.05, 0.1) is 12.5 Å². The minimum Gasteiger partial charge on any atom is -0.395 e. The molecule has 0 aliphatic carbocycles. The molecule has 0 aromatic heterocycles. The first kappa shape index (κ1) is 18.0. The van der Waals surface area contributed by atoms with Gasteiger partial charge in [-0.1, -0.05) is 29.8 Å². The van der Waals surface area contributed by atoms with Crippen molar-refractivity contribution in [3.8, 4) is 0 Å². The van der Waals surface area contributed by atoms with Gasteiger partial charge in [0.1, 0.15) is 0 Å². The summed E-state index contributed by atoms with van der Waals surface area (Å²) in [4.78, 5) is 14.6. The number of carbonyl (C=O) groups excluding carboxylic acids is 1. The summed E-state index contributed by atoms with van der Waals surface area (Å²) in [5, 5.41) is 12.3. The third-order valence-electron chi connectivity index (χ3n) is 4.82. The Hall–Kier alpha value is -1.39. The van der Waals surface area contributed by atoms with E-state index in [1.807, 2.05) is 32.0 Å². The molecule has 2 atom stereocenters. The van der Waals surface area contributed by atoms with Crippen LogP contribution in [0.3, 0.4) is 0 Å². The second kappa shape index (κ2) is 9.04. The molecule has 1 aromatic carbocycles. The number of aliphatic hydroxyl groups is 1. The van der Waals surface area contributed by atoms with Crippen molar-refractivity contribution in [2.75, 3.05) is 26.2 Å². The molecule has 1 saturated heterocycles. The predicted octanol–water partition coefficient (Wildman–Crippen LogP) is 2.45. The predicted molar refractivity (Wildman–Crippen MR) is 93.5 cm³/mol. The number of likely N-dealkylation sites (tertiary alicyclic amines) is 1. The van der Waals surface area contributed by atoms with E-state index in [0.717, 1.165) is 44.5 Å². The molecule has 2 unspecified atom stereocenters. The van der Waals surface area contributed by atoms with Gasteiger partial charge in [0.2, 0.25) is 5.91 Å². The average molecular weight is 318 g/mol. The van der Waals surface area contributed by atoms with Gasteiger partial charge in [-0.3, -0.25) is 9.69 Å². The van der Waals surface area contributed by atoms with E-state index in [0.29, 0.717) is 6.04 Å². The molecule has 1 aromatic rings. The van der Waals surface area contributed by atoms with Gasteiger partial charge in [-0.05, 0) is 58.2 Å². The van der Waals surface area contributed by atoms with E-state index in [4.69, 9.17) is 0 Å². The summed E-state index contributed by atoms with van der Waals surface area (Å²) in [7, 11) is 0. The van der Waals surface area contributed by atoms with Crippen LogP contribution in [0.1, 0.15) is 49.7 Å². The van der Waals surface area contributed by atoms with Gasteiger partial charge in [-0.25, -0.2) is 0 Å². The van der Waals surface area contributed by atoms with Crippen molar-refractivity contribution >= 4 is 5.91 Å². The number of unbranched alkanes of at least 4 members (excludes halogenated alkanes) is 1. The third-order valence-corrected chi connectivity index (χ3v) is 4.82. The van der Waals surface area contributed by atoms with Crippen LogP contribution in [0.25, 0.3) is 0 Å². The van der Waals surface area contributed by atoms with Crippen molar-refractivity contribution < 1.29 is 9.90 Å². The van der Waals surface area contributed by atoms with Gasteiger partial charge < -0.3 is 10.4 Å². The zero-order valence-electron chi connectivity index (χ0n) is 14.4. The van der Waals surface area contributed by atoms with E-state index < -0.39 is 0 Å². The second-order valence-electron chi connectivity index (χ2n) is 6.65. The van der Waals surface area contributed by atoms with Crippen molar-refractivity contribution in [3.05, 3.63) is 35.4 Å². The minimum atomic E-state index is -0.104. The van der Waals surface area contributed by atoms with Crippen LogP contribution in [0.15, 0.2) is 24.3 Å². The molecule has 1 aliphatic rings. The summed E-state index contributed by atoms with van der Waals surface area (Å²) in [6, 6.07) is 8.49. The first-order chi connectivity index (χ1) is 11.1. The number of hydrogen-bond acceptors (Lipinski definition) is 3. The number of benzene rings is 1. The van der Waals surface area contributed by atoms with Crippen LogP contribution in [0, 0.1) is 6.92 Å². The fourth-order valence-electron chi connectivity index (χ4n) is 3.29. The van der Waals surface area contributed by atoms with Crippen molar-refractivity contribution in [2.45, 2.75) is 51.5 Å². The van der Waals surface area contributed by atoms with E-state index in [1.165, 1.54) is 12.0 Å². The van der Waals surface area contributed by atoms with Gasteiger partial charge in [0.25, 0.3) is 0 Å². The zero-order valence-corrected chi connectivity index (χ0v) is 14.4. The summed E-state index contributed by atoms with van der Waals surface area (Å²) in [5.41, 5.74) is 2.26. The highest BCUT2D eigenvalue weighted by molar-refractivity contribution is 5.83. The SMILES string of the molecule is Cc1cccc(C(C)C(=O)NCCCCN2CCCC2CO)c1. The molecule has 0 radical (unpaired) electrons. The molecule has 1 amide bonds. The standard InChI is InChI=1S/C19H30N2O2/c1-15-7-5-8-17(13-15)16(2)19(23)20-10-3-4-11-21-12-6-9-18(21)14-22/h5,7-8,13,16,18,22H,3-4,6,9-12,14H2,1-2H3,(H,20,23). The maximum absolute atomic E-state index is 12.2. The lowest BCUT2D eigenvalue weighted by atomic mass is 9.98. The number of rotatable bonds is 8. The number of amides is 1. The topological polar surface area (TPSA) is 52.6 Å². The molecular formula is C19H30N2O2. The van der Waals surface area contributed by atoms with Crippen LogP contribution in [0.2, 0.25) is 0 Å². The van der Waals surface area contributed by atoms with Crippen molar-refractivity contribution in [2.24, 2.45) is 0 Å². The Morgan fingerprint density at radius 2 is 2.26 bits per heavy atom. The highest BCUT2D eigenvalue weighted by Gasteiger charge is 2.22. The summed E-state index contributed by atoms with van der Waals surface area (Å²) >= 11 is 0. The number of carbonyl (C=O) groups is 1. The summed E-state index contributed by atoms with van der Waals surface area (Å²) in [5.74, 6) is -0.00254.